The lowest BCUT2D eigenvalue weighted by atomic mass is 10.2. The van der Waals surface area contributed by atoms with Crippen LogP contribution in [0, 0.1) is 12.7 Å². The predicted molar refractivity (Wildman–Crippen MR) is 86.1 cm³/mol. The highest BCUT2D eigenvalue weighted by atomic mass is 35.5. The molecule has 0 saturated carbocycles. The maximum absolute atomic E-state index is 13.3. The molecular weight excluding hydrogens is 321 g/mol. The van der Waals surface area contributed by atoms with Crippen molar-refractivity contribution in [2.75, 3.05) is 13.1 Å². The van der Waals surface area contributed by atoms with Gasteiger partial charge in [-0.15, -0.1) is 0 Å². The third-order valence-electron chi connectivity index (χ3n) is 3.22. The van der Waals surface area contributed by atoms with Crippen LogP contribution in [0.25, 0.3) is 11.4 Å². The Hall–Kier alpha value is -2.21. The maximum Gasteiger partial charge on any atom is 0.416 e. The summed E-state index contributed by atoms with van der Waals surface area (Å²) < 4.78 is 18.5. The fourth-order valence-electron chi connectivity index (χ4n) is 1.99. The standard InChI is InChI=1S/C16H17ClFN3O2/c1-4-21(5-2)16(22)23-14-8-10(3)19-15(20-14)11-6-7-13(18)12(17)9-11/h6-9H,4-5H2,1-3H3. The minimum Gasteiger partial charge on any atom is -0.391 e. The largest absolute Gasteiger partial charge is 0.416 e. The number of ether oxygens (including phenoxy) is 1. The quantitative estimate of drug-likeness (QED) is 0.843. The van der Waals surface area contributed by atoms with Crippen LogP contribution in [0.2, 0.25) is 5.02 Å². The molecule has 1 aromatic carbocycles. The van der Waals surface area contributed by atoms with Crippen LogP contribution in [-0.4, -0.2) is 34.1 Å². The van der Waals surface area contributed by atoms with Gasteiger partial charge in [-0.3, -0.25) is 0 Å². The molecule has 0 fully saturated rings. The van der Waals surface area contributed by atoms with E-state index in [9.17, 15) is 9.18 Å². The van der Waals surface area contributed by atoms with Crippen molar-refractivity contribution < 1.29 is 13.9 Å². The zero-order chi connectivity index (χ0) is 17.0. The summed E-state index contributed by atoms with van der Waals surface area (Å²) in [4.78, 5) is 22.0. The van der Waals surface area contributed by atoms with Gasteiger partial charge < -0.3 is 9.64 Å². The molecule has 1 amide bonds. The lowest BCUT2D eigenvalue weighted by molar-refractivity contribution is 0.155. The fraction of sp³-hybridized carbons (Fsp3) is 0.312. The van der Waals surface area contributed by atoms with E-state index in [1.165, 1.54) is 23.1 Å². The van der Waals surface area contributed by atoms with E-state index in [4.69, 9.17) is 16.3 Å². The Morgan fingerprint density at radius 2 is 1.96 bits per heavy atom. The molecule has 1 aromatic heterocycles. The van der Waals surface area contributed by atoms with Crippen molar-refractivity contribution in [2.24, 2.45) is 0 Å². The zero-order valence-electron chi connectivity index (χ0n) is 13.1. The molecule has 0 spiro atoms. The first-order valence-electron chi connectivity index (χ1n) is 7.22. The number of halogens is 2. The molecule has 2 aromatic rings. The minimum absolute atomic E-state index is 0.0192. The normalized spacial score (nSPS) is 10.5. The monoisotopic (exact) mass is 337 g/mol. The highest BCUT2D eigenvalue weighted by Crippen LogP contribution is 2.24. The van der Waals surface area contributed by atoms with Crippen molar-refractivity contribution in [3.8, 4) is 17.3 Å². The Balaban J connectivity index is 2.32. The number of rotatable bonds is 4. The van der Waals surface area contributed by atoms with Crippen LogP contribution in [0.3, 0.4) is 0 Å². The molecule has 5 nitrogen and oxygen atoms in total. The summed E-state index contributed by atoms with van der Waals surface area (Å²) in [7, 11) is 0. The molecule has 0 unspecified atom stereocenters. The Morgan fingerprint density at radius 1 is 1.26 bits per heavy atom. The highest BCUT2D eigenvalue weighted by Gasteiger charge is 2.15. The van der Waals surface area contributed by atoms with Gasteiger partial charge in [0.1, 0.15) is 5.82 Å². The smallest absolute Gasteiger partial charge is 0.391 e. The van der Waals surface area contributed by atoms with E-state index in [0.29, 0.717) is 30.2 Å². The lowest BCUT2D eigenvalue weighted by Gasteiger charge is -2.17. The molecule has 2 rings (SSSR count). The number of carbonyl (C=O) groups is 1. The van der Waals surface area contributed by atoms with Crippen molar-refractivity contribution >= 4 is 17.7 Å². The summed E-state index contributed by atoms with van der Waals surface area (Å²) in [6, 6.07) is 5.76. The van der Waals surface area contributed by atoms with Crippen LogP contribution in [0.1, 0.15) is 19.5 Å². The number of nitrogens with zero attached hydrogens (tertiary/aromatic N) is 3. The van der Waals surface area contributed by atoms with Crippen molar-refractivity contribution in [1.29, 1.82) is 0 Å². The van der Waals surface area contributed by atoms with Gasteiger partial charge in [0, 0.05) is 30.4 Å². The molecular formula is C16H17ClFN3O2. The third-order valence-corrected chi connectivity index (χ3v) is 3.51. The summed E-state index contributed by atoms with van der Waals surface area (Å²) in [6.07, 6.45) is -0.476. The molecule has 0 saturated heterocycles. The van der Waals surface area contributed by atoms with E-state index >= 15 is 0 Å². The Labute approximate surface area is 139 Å². The molecule has 122 valence electrons. The zero-order valence-corrected chi connectivity index (χ0v) is 13.9. The van der Waals surface area contributed by atoms with Crippen molar-refractivity contribution in [2.45, 2.75) is 20.8 Å². The van der Waals surface area contributed by atoms with E-state index < -0.39 is 11.9 Å². The number of aromatic nitrogens is 2. The van der Waals surface area contributed by atoms with Gasteiger partial charge in [-0.05, 0) is 39.0 Å². The Bertz CT molecular complexity index is 720. The van der Waals surface area contributed by atoms with Crippen LogP contribution < -0.4 is 4.74 Å². The summed E-state index contributed by atoms with van der Waals surface area (Å²) in [5, 5.41) is -0.0192. The van der Waals surface area contributed by atoms with E-state index in [-0.39, 0.29) is 10.9 Å². The Morgan fingerprint density at radius 3 is 2.57 bits per heavy atom. The average Bonchev–Trinajstić information content (AvgIpc) is 2.50. The predicted octanol–water partition coefficient (Wildman–Crippen LogP) is 4.09. The molecule has 0 N–H and O–H groups in total. The number of aryl methyl sites for hydroxylation is 1. The average molecular weight is 338 g/mol. The van der Waals surface area contributed by atoms with Crippen LogP contribution in [-0.2, 0) is 0 Å². The second-order valence-electron chi connectivity index (χ2n) is 4.84. The van der Waals surface area contributed by atoms with Gasteiger partial charge in [0.2, 0.25) is 5.88 Å². The van der Waals surface area contributed by atoms with Gasteiger partial charge in [-0.1, -0.05) is 11.6 Å². The van der Waals surface area contributed by atoms with Crippen LogP contribution >= 0.6 is 11.6 Å². The SMILES string of the molecule is CCN(CC)C(=O)Oc1cc(C)nc(-c2ccc(F)c(Cl)c2)n1. The topological polar surface area (TPSA) is 55.3 Å². The van der Waals surface area contributed by atoms with Crippen molar-refractivity contribution in [3.63, 3.8) is 0 Å². The molecule has 0 atom stereocenters. The second-order valence-corrected chi connectivity index (χ2v) is 5.25. The molecule has 0 aliphatic heterocycles. The summed E-state index contributed by atoms with van der Waals surface area (Å²) in [5.74, 6) is -0.0599. The second kappa shape index (κ2) is 7.37. The van der Waals surface area contributed by atoms with E-state index in [2.05, 4.69) is 9.97 Å². The van der Waals surface area contributed by atoms with Gasteiger partial charge in [0.15, 0.2) is 5.82 Å². The van der Waals surface area contributed by atoms with Crippen molar-refractivity contribution in [3.05, 3.63) is 40.8 Å². The van der Waals surface area contributed by atoms with Crippen LogP contribution in [0.4, 0.5) is 9.18 Å². The fourth-order valence-corrected chi connectivity index (χ4v) is 2.17. The van der Waals surface area contributed by atoms with E-state index in [0.717, 1.165) is 0 Å². The molecule has 7 heteroatoms. The first-order chi connectivity index (χ1) is 10.9. The number of hydrogen-bond donors (Lipinski definition) is 0. The first-order valence-corrected chi connectivity index (χ1v) is 7.60. The lowest BCUT2D eigenvalue weighted by Crippen LogP contribution is -2.33. The van der Waals surface area contributed by atoms with E-state index in [1.807, 2.05) is 13.8 Å². The minimum atomic E-state index is -0.517. The highest BCUT2D eigenvalue weighted by molar-refractivity contribution is 6.31. The number of benzene rings is 1. The molecule has 0 aliphatic carbocycles. The maximum atomic E-state index is 13.3. The van der Waals surface area contributed by atoms with Gasteiger partial charge in [0.25, 0.3) is 0 Å². The molecule has 23 heavy (non-hydrogen) atoms. The van der Waals surface area contributed by atoms with Crippen LogP contribution in [0.15, 0.2) is 24.3 Å². The Kier molecular flexibility index (Phi) is 5.50. The van der Waals surface area contributed by atoms with E-state index in [1.54, 1.807) is 13.0 Å². The third kappa shape index (κ3) is 4.16. The molecule has 0 aliphatic rings. The van der Waals surface area contributed by atoms with Gasteiger partial charge in [-0.25, -0.2) is 14.2 Å². The van der Waals surface area contributed by atoms with Gasteiger partial charge in [0.05, 0.1) is 5.02 Å². The number of carbonyl (C=O) groups excluding carboxylic acids is 1. The summed E-state index contributed by atoms with van der Waals surface area (Å²) in [5.41, 5.74) is 1.16. The van der Waals surface area contributed by atoms with Crippen LogP contribution in [0.5, 0.6) is 5.88 Å². The summed E-state index contributed by atoms with van der Waals surface area (Å²) in [6.45, 7) is 6.56. The molecule has 0 radical (unpaired) electrons. The molecule has 0 bridgehead atoms. The number of hydrogen-bond acceptors (Lipinski definition) is 4. The van der Waals surface area contributed by atoms with Gasteiger partial charge in [-0.2, -0.15) is 4.98 Å². The molecule has 1 heterocycles. The summed E-state index contributed by atoms with van der Waals surface area (Å²) >= 11 is 5.78. The first kappa shape index (κ1) is 17.1. The van der Waals surface area contributed by atoms with Crippen molar-refractivity contribution in [1.82, 2.24) is 14.9 Å². The number of amides is 1. The van der Waals surface area contributed by atoms with Gasteiger partial charge >= 0.3 is 6.09 Å².